The van der Waals surface area contributed by atoms with E-state index in [1.54, 1.807) is 0 Å². The zero-order valence-corrected chi connectivity index (χ0v) is 20.7. The normalized spacial score (nSPS) is 18.6. The zero-order valence-electron chi connectivity index (χ0n) is 20.7. The van der Waals surface area contributed by atoms with Crippen molar-refractivity contribution in [1.29, 1.82) is 0 Å². The molecule has 176 valence electrons. The summed E-state index contributed by atoms with van der Waals surface area (Å²) in [5.41, 5.74) is 3.71. The van der Waals surface area contributed by atoms with Crippen molar-refractivity contribution in [3.05, 3.63) is 48.3 Å². The van der Waals surface area contributed by atoms with Gasteiger partial charge < -0.3 is 4.74 Å². The molecule has 1 fully saturated rings. The maximum Gasteiger partial charge on any atom is 0.119 e. The van der Waals surface area contributed by atoms with Crippen LogP contribution < -0.4 is 4.74 Å². The largest absolute Gasteiger partial charge is 0.494 e. The van der Waals surface area contributed by atoms with Gasteiger partial charge in [-0.3, -0.25) is 4.98 Å². The second kappa shape index (κ2) is 14.3. The van der Waals surface area contributed by atoms with E-state index in [-0.39, 0.29) is 0 Å². The van der Waals surface area contributed by atoms with E-state index in [0.717, 1.165) is 24.7 Å². The molecular weight excluding hydrogens is 390 g/mol. The molecule has 0 N–H and O–H groups in total. The van der Waals surface area contributed by atoms with Gasteiger partial charge in [-0.2, -0.15) is 0 Å². The van der Waals surface area contributed by atoms with Crippen molar-refractivity contribution in [2.45, 2.75) is 110 Å². The monoisotopic (exact) mass is 435 g/mol. The predicted molar refractivity (Wildman–Crippen MR) is 137 cm³/mol. The van der Waals surface area contributed by atoms with Crippen LogP contribution in [0.4, 0.5) is 0 Å². The van der Waals surface area contributed by atoms with E-state index >= 15 is 0 Å². The lowest BCUT2D eigenvalue weighted by Crippen LogP contribution is -2.14. The minimum absolute atomic E-state index is 0.657. The van der Waals surface area contributed by atoms with Gasteiger partial charge in [0.2, 0.25) is 0 Å². The Morgan fingerprint density at radius 1 is 0.719 bits per heavy atom. The van der Waals surface area contributed by atoms with Gasteiger partial charge in [-0.15, -0.1) is 0 Å². The SMILES string of the molecule is CCCCCCCOc1ccc(-c2ccc(C3CCC(CCCCCC)CC3)nc2)cc1. The molecule has 2 heteroatoms. The maximum absolute atomic E-state index is 5.91. The van der Waals surface area contributed by atoms with Crippen LogP contribution in [0.3, 0.4) is 0 Å². The highest BCUT2D eigenvalue weighted by molar-refractivity contribution is 5.63. The number of benzene rings is 1. The minimum Gasteiger partial charge on any atom is -0.494 e. The van der Waals surface area contributed by atoms with Crippen molar-refractivity contribution in [2.75, 3.05) is 6.61 Å². The van der Waals surface area contributed by atoms with Crippen LogP contribution in [0.25, 0.3) is 11.1 Å². The van der Waals surface area contributed by atoms with Crippen LogP contribution in [-0.2, 0) is 0 Å². The fourth-order valence-corrected chi connectivity index (χ4v) is 5.06. The molecule has 1 heterocycles. The molecule has 32 heavy (non-hydrogen) atoms. The summed E-state index contributed by atoms with van der Waals surface area (Å²) in [5.74, 6) is 2.59. The minimum atomic E-state index is 0.657. The number of aromatic nitrogens is 1. The van der Waals surface area contributed by atoms with Crippen molar-refractivity contribution in [2.24, 2.45) is 5.92 Å². The van der Waals surface area contributed by atoms with Crippen LogP contribution >= 0.6 is 0 Å². The van der Waals surface area contributed by atoms with Gasteiger partial charge in [0.1, 0.15) is 5.75 Å². The molecule has 3 rings (SSSR count). The Hall–Kier alpha value is -1.83. The number of unbranched alkanes of at least 4 members (excludes halogenated alkanes) is 7. The first-order chi connectivity index (χ1) is 15.8. The third-order valence-corrected chi connectivity index (χ3v) is 7.22. The third kappa shape index (κ3) is 8.26. The Labute approximate surface area is 197 Å². The molecule has 0 aliphatic heterocycles. The van der Waals surface area contributed by atoms with Gasteiger partial charge in [-0.1, -0.05) is 89.8 Å². The van der Waals surface area contributed by atoms with Gasteiger partial charge >= 0.3 is 0 Å². The molecule has 0 bridgehead atoms. The molecule has 0 amide bonds. The Balaban J connectivity index is 1.41. The molecule has 1 aliphatic carbocycles. The zero-order chi connectivity index (χ0) is 22.4. The summed E-state index contributed by atoms with van der Waals surface area (Å²) in [6.07, 6.45) is 20.9. The summed E-state index contributed by atoms with van der Waals surface area (Å²) in [6, 6.07) is 13.0. The molecular formula is C30H45NO. The highest BCUT2D eigenvalue weighted by Crippen LogP contribution is 2.37. The second-order valence-corrected chi connectivity index (χ2v) is 9.83. The summed E-state index contributed by atoms with van der Waals surface area (Å²) in [7, 11) is 0. The Kier molecular flexibility index (Phi) is 11.1. The molecule has 0 unspecified atom stereocenters. The van der Waals surface area contributed by atoms with Crippen LogP contribution in [-0.4, -0.2) is 11.6 Å². The van der Waals surface area contributed by atoms with Crippen molar-refractivity contribution in [1.82, 2.24) is 4.98 Å². The van der Waals surface area contributed by atoms with E-state index < -0.39 is 0 Å². The van der Waals surface area contributed by atoms with E-state index in [0.29, 0.717) is 5.92 Å². The third-order valence-electron chi connectivity index (χ3n) is 7.22. The molecule has 1 saturated carbocycles. The number of pyridine rings is 1. The van der Waals surface area contributed by atoms with E-state index in [2.05, 4.69) is 56.4 Å². The lowest BCUT2D eigenvalue weighted by molar-refractivity contribution is 0.299. The highest BCUT2D eigenvalue weighted by atomic mass is 16.5. The smallest absolute Gasteiger partial charge is 0.119 e. The Morgan fingerprint density at radius 3 is 2.03 bits per heavy atom. The summed E-state index contributed by atoms with van der Waals surface area (Å²) in [5, 5.41) is 0. The summed E-state index contributed by atoms with van der Waals surface area (Å²) in [4.78, 5) is 4.87. The van der Waals surface area contributed by atoms with Gasteiger partial charge in [0.05, 0.1) is 6.61 Å². The van der Waals surface area contributed by atoms with Crippen molar-refractivity contribution in [3.63, 3.8) is 0 Å². The van der Waals surface area contributed by atoms with Crippen LogP contribution in [0.2, 0.25) is 0 Å². The number of ether oxygens (including phenoxy) is 1. The Bertz CT molecular complexity index is 728. The van der Waals surface area contributed by atoms with Crippen molar-refractivity contribution >= 4 is 0 Å². The molecule has 2 nitrogen and oxygen atoms in total. The molecule has 1 aromatic heterocycles. The van der Waals surface area contributed by atoms with Gasteiger partial charge in [-0.05, 0) is 61.8 Å². The van der Waals surface area contributed by atoms with E-state index in [1.165, 1.54) is 100 Å². The molecule has 1 aromatic carbocycles. The van der Waals surface area contributed by atoms with Gasteiger partial charge in [-0.25, -0.2) is 0 Å². The average Bonchev–Trinajstić information content (AvgIpc) is 2.85. The fourth-order valence-electron chi connectivity index (χ4n) is 5.06. The van der Waals surface area contributed by atoms with Crippen LogP contribution in [0, 0.1) is 5.92 Å². The lowest BCUT2D eigenvalue weighted by atomic mass is 9.78. The number of nitrogens with zero attached hydrogens (tertiary/aromatic N) is 1. The lowest BCUT2D eigenvalue weighted by Gasteiger charge is -2.28. The summed E-state index contributed by atoms with van der Waals surface area (Å²) < 4.78 is 5.91. The van der Waals surface area contributed by atoms with Crippen LogP contribution in [0.5, 0.6) is 5.75 Å². The number of hydrogen-bond acceptors (Lipinski definition) is 2. The van der Waals surface area contributed by atoms with Crippen LogP contribution in [0.1, 0.15) is 115 Å². The van der Waals surface area contributed by atoms with Crippen molar-refractivity contribution in [3.8, 4) is 16.9 Å². The molecule has 2 aromatic rings. The Morgan fingerprint density at radius 2 is 1.38 bits per heavy atom. The number of rotatable bonds is 14. The first-order valence-electron chi connectivity index (χ1n) is 13.5. The van der Waals surface area contributed by atoms with Gasteiger partial charge in [0.25, 0.3) is 0 Å². The first kappa shape index (κ1) is 24.8. The average molecular weight is 436 g/mol. The summed E-state index contributed by atoms with van der Waals surface area (Å²) in [6.45, 7) is 5.37. The summed E-state index contributed by atoms with van der Waals surface area (Å²) >= 11 is 0. The van der Waals surface area contributed by atoms with E-state index in [1.807, 2.05) is 0 Å². The molecule has 0 saturated heterocycles. The fraction of sp³-hybridized carbons (Fsp3) is 0.633. The maximum atomic E-state index is 5.91. The standard InChI is InChI=1S/C30H45NO/c1-3-5-7-9-11-23-32-29-20-17-26(18-21-29)28-19-22-30(31-24-28)27-15-13-25(14-16-27)12-10-8-6-4-2/h17-22,24-25,27H,3-16,23H2,1-2H3. The molecule has 1 aliphatic rings. The molecule has 0 spiro atoms. The quantitative estimate of drug-likeness (QED) is 0.276. The highest BCUT2D eigenvalue weighted by Gasteiger charge is 2.22. The van der Waals surface area contributed by atoms with Crippen LogP contribution in [0.15, 0.2) is 42.6 Å². The molecule has 0 atom stereocenters. The van der Waals surface area contributed by atoms with E-state index in [9.17, 15) is 0 Å². The van der Waals surface area contributed by atoms with Gasteiger partial charge in [0.15, 0.2) is 0 Å². The van der Waals surface area contributed by atoms with Crippen molar-refractivity contribution < 1.29 is 4.74 Å². The number of hydrogen-bond donors (Lipinski definition) is 0. The first-order valence-corrected chi connectivity index (χ1v) is 13.5. The molecule has 0 radical (unpaired) electrons. The van der Waals surface area contributed by atoms with E-state index in [4.69, 9.17) is 9.72 Å². The second-order valence-electron chi connectivity index (χ2n) is 9.83. The topological polar surface area (TPSA) is 22.1 Å². The predicted octanol–water partition coefficient (Wildman–Crippen LogP) is 9.34. The van der Waals surface area contributed by atoms with Gasteiger partial charge in [0, 0.05) is 23.4 Å².